The summed E-state index contributed by atoms with van der Waals surface area (Å²) in [6, 6.07) is 7.99. The average Bonchev–Trinajstić information content (AvgIpc) is 3.13. The molecule has 3 rings (SSSR count). The third-order valence-corrected chi connectivity index (χ3v) is 6.55. The number of sulfonamides is 1. The Labute approximate surface area is 160 Å². The molecule has 0 bridgehead atoms. The molecule has 2 aromatic carbocycles. The molecule has 1 aliphatic rings. The van der Waals surface area contributed by atoms with Crippen LogP contribution in [0.15, 0.2) is 41.3 Å². The van der Waals surface area contributed by atoms with Crippen LogP contribution in [0.25, 0.3) is 0 Å². The first-order valence-electron chi connectivity index (χ1n) is 7.85. The number of hydrogen-bond donors (Lipinski definition) is 1. The minimum atomic E-state index is -3.60. The highest BCUT2D eigenvalue weighted by molar-refractivity contribution is 7.89. The standard InChI is InChI=1S/C17H15Cl2FN2O3S/c18-14-10-15(19)16(20)9-13(14)17(23)21-11-4-3-5-12(8-11)26(24,25)22-6-1-2-7-22/h3-5,8-10H,1-2,6-7H2,(H,21,23). The van der Waals surface area contributed by atoms with E-state index >= 15 is 0 Å². The van der Waals surface area contributed by atoms with E-state index in [0.29, 0.717) is 13.1 Å². The lowest BCUT2D eigenvalue weighted by Crippen LogP contribution is -2.27. The molecule has 0 unspecified atom stereocenters. The van der Waals surface area contributed by atoms with Crippen LogP contribution in [0, 0.1) is 5.82 Å². The maximum Gasteiger partial charge on any atom is 0.257 e. The van der Waals surface area contributed by atoms with E-state index in [-0.39, 0.29) is 26.2 Å². The lowest BCUT2D eigenvalue weighted by molar-refractivity contribution is 0.102. The lowest BCUT2D eigenvalue weighted by atomic mass is 10.2. The molecule has 0 aliphatic carbocycles. The van der Waals surface area contributed by atoms with Crippen LogP contribution in [0.2, 0.25) is 10.0 Å². The summed E-state index contributed by atoms with van der Waals surface area (Å²) in [5.74, 6) is -1.44. The van der Waals surface area contributed by atoms with Crippen molar-refractivity contribution in [2.75, 3.05) is 18.4 Å². The number of benzene rings is 2. The monoisotopic (exact) mass is 416 g/mol. The number of nitrogens with one attached hydrogen (secondary N) is 1. The smallest absolute Gasteiger partial charge is 0.257 e. The topological polar surface area (TPSA) is 66.5 Å². The van der Waals surface area contributed by atoms with Gasteiger partial charge in [-0.1, -0.05) is 29.3 Å². The van der Waals surface area contributed by atoms with Crippen molar-refractivity contribution in [3.05, 3.63) is 57.8 Å². The normalized spacial score (nSPS) is 15.2. The molecule has 26 heavy (non-hydrogen) atoms. The summed E-state index contributed by atoms with van der Waals surface area (Å²) in [6.45, 7) is 0.969. The van der Waals surface area contributed by atoms with Gasteiger partial charge in [0.2, 0.25) is 10.0 Å². The number of halogens is 3. The first-order valence-corrected chi connectivity index (χ1v) is 10.0. The van der Waals surface area contributed by atoms with Gasteiger partial charge in [-0.15, -0.1) is 0 Å². The van der Waals surface area contributed by atoms with Gasteiger partial charge in [-0.05, 0) is 43.2 Å². The van der Waals surface area contributed by atoms with Crippen LogP contribution >= 0.6 is 23.2 Å². The minimum absolute atomic E-state index is 0.00487. The molecule has 2 aromatic rings. The molecule has 0 radical (unpaired) electrons. The van der Waals surface area contributed by atoms with E-state index < -0.39 is 21.7 Å². The number of carbonyl (C=O) groups excluding carboxylic acids is 1. The van der Waals surface area contributed by atoms with Crippen molar-refractivity contribution in [3.63, 3.8) is 0 Å². The fraction of sp³-hybridized carbons (Fsp3) is 0.235. The van der Waals surface area contributed by atoms with E-state index in [9.17, 15) is 17.6 Å². The second-order valence-electron chi connectivity index (χ2n) is 5.84. The van der Waals surface area contributed by atoms with Gasteiger partial charge in [-0.25, -0.2) is 12.8 Å². The van der Waals surface area contributed by atoms with Crippen molar-refractivity contribution in [1.82, 2.24) is 4.31 Å². The Morgan fingerprint density at radius 1 is 1.08 bits per heavy atom. The van der Waals surface area contributed by atoms with Crippen LogP contribution in [0.1, 0.15) is 23.2 Å². The predicted octanol–water partition coefficient (Wildman–Crippen LogP) is 4.17. The van der Waals surface area contributed by atoms with Crippen LogP contribution in [-0.2, 0) is 10.0 Å². The van der Waals surface area contributed by atoms with Gasteiger partial charge in [0.1, 0.15) is 5.82 Å². The summed E-state index contributed by atoms with van der Waals surface area (Å²) in [5.41, 5.74) is 0.170. The van der Waals surface area contributed by atoms with Crippen molar-refractivity contribution >= 4 is 44.8 Å². The molecule has 1 fully saturated rings. The maximum absolute atomic E-state index is 13.6. The van der Waals surface area contributed by atoms with E-state index in [1.165, 1.54) is 22.5 Å². The number of nitrogens with zero attached hydrogens (tertiary/aromatic N) is 1. The molecule has 138 valence electrons. The van der Waals surface area contributed by atoms with Crippen molar-refractivity contribution in [1.29, 1.82) is 0 Å². The molecule has 1 saturated heterocycles. The molecule has 0 spiro atoms. The lowest BCUT2D eigenvalue weighted by Gasteiger charge is -2.16. The third-order valence-electron chi connectivity index (χ3n) is 4.05. The zero-order chi connectivity index (χ0) is 18.9. The number of amides is 1. The molecule has 0 aromatic heterocycles. The van der Waals surface area contributed by atoms with Crippen molar-refractivity contribution in [3.8, 4) is 0 Å². The molecule has 5 nitrogen and oxygen atoms in total. The Bertz CT molecular complexity index is 960. The molecule has 1 amide bonds. The van der Waals surface area contributed by atoms with E-state index in [2.05, 4.69) is 5.32 Å². The zero-order valence-corrected chi connectivity index (χ0v) is 15.8. The van der Waals surface area contributed by atoms with Gasteiger partial charge in [0, 0.05) is 18.8 Å². The summed E-state index contributed by atoms with van der Waals surface area (Å²) < 4.78 is 40.2. The van der Waals surface area contributed by atoms with Crippen LogP contribution < -0.4 is 5.32 Å². The first kappa shape index (κ1) is 19.1. The Kier molecular flexibility index (Phi) is 5.53. The van der Waals surface area contributed by atoms with Gasteiger partial charge in [0.05, 0.1) is 20.5 Å². The summed E-state index contributed by atoms with van der Waals surface area (Å²) in [6.07, 6.45) is 1.66. The highest BCUT2D eigenvalue weighted by Gasteiger charge is 2.27. The first-order chi connectivity index (χ1) is 12.3. The predicted molar refractivity (Wildman–Crippen MR) is 98.8 cm³/mol. The Morgan fingerprint density at radius 2 is 1.77 bits per heavy atom. The zero-order valence-electron chi connectivity index (χ0n) is 13.5. The van der Waals surface area contributed by atoms with Crippen LogP contribution in [0.3, 0.4) is 0 Å². The second kappa shape index (κ2) is 7.52. The minimum Gasteiger partial charge on any atom is -0.322 e. The molecular weight excluding hydrogens is 402 g/mol. The molecule has 0 atom stereocenters. The average molecular weight is 417 g/mol. The molecule has 1 N–H and O–H groups in total. The van der Waals surface area contributed by atoms with E-state index in [4.69, 9.17) is 23.2 Å². The van der Waals surface area contributed by atoms with Crippen LogP contribution in [0.5, 0.6) is 0 Å². The number of anilines is 1. The van der Waals surface area contributed by atoms with E-state index in [1.54, 1.807) is 6.07 Å². The summed E-state index contributed by atoms with van der Waals surface area (Å²) in [4.78, 5) is 12.4. The van der Waals surface area contributed by atoms with Crippen LogP contribution in [-0.4, -0.2) is 31.7 Å². The van der Waals surface area contributed by atoms with Crippen molar-refractivity contribution < 1.29 is 17.6 Å². The van der Waals surface area contributed by atoms with Crippen molar-refractivity contribution in [2.24, 2.45) is 0 Å². The largest absolute Gasteiger partial charge is 0.322 e. The van der Waals surface area contributed by atoms with Gasteiger partial charge in [0.15, 0.2) is 0 Å². The highest BCUT2D eigenvalue weighted by Crippen LogP contribution is 2.26. The molecular formula is C17H15Cl2FN2O3S. The van der Waals surface area contributed by atoms with Crippen molar-refractivity contribution in [2.45, 2.75) is 17.7 Å². The summed E-state index contributed by atoms with van der Waals surface area (Å²) in [5, 5.41) is 2.34. The fourth-order valence-corrected chi connectivity index (χ4v) is 4.74. The third kappa shape index (κ3) is 3.86. The summed E-state index contributed by atoms with van der Waals surface area (Å²) in [7, 11) is -3.60. The number of carbonyl (C=O) groups is 1. The SMILES string of the molecule is O=C(Nc1cccc(S(=O)(=O)N2CCCC2)c1)c1cc(F)c(Cl)cc1Cl. The second-order valence-corrected chi connectivity index (χ2v) is 8.59. The highest BCUT2D eigenvalue weighted by atomic mass is 35.5. The Morgan fingerprint density at radius 3 is 2.46 bits per heavy atom. The molecule has 0 saturated carbocycles. The van der Waals surface area contributed by atoms with E-state index in [1.807, 2.05) is 0 Å². The molecule has 1 aliphatic heterocycles. The number of rotatable bonds is 4. The van der Waals surface area contributed by atoms with Gasteiger partial charge < -0.3 is 5.32 Å². The van der Waals surface area contributed by atoms with Gasteiger partial charge >= 0.3 is 0 Å². The Balaban J connectivity index is 1.85. The van der Waals surface area contributed by atoms with Gasteiger partial charge in [0.25, 0.3) is 5.91 Å². The van der Waals surface area contributed by atoms with E-state index in [0.717, 1.165) is 25.0 Å². The van der Waals surface area contributed by atoms with Crippen LogP contribution in [0.4, 0.5) is 10.1 Å². The quantitative estimate of drug-likeness (QED) is 0.760. The summed E-state index contributed by atoms with van der Waals surface area (Å²) >= 11 is 11.6. The number of hydrogen-bond acceptors (Lipinski definition) is 3. The maximum atomic E-state index is 13.6. The van der Waals surface area contributed by atoms with Gasteiger partial charge in [-0.2, -0.15) is 4.31 Å². The fourth-order valence-electron chi connectivity index (χ4n) is 2.71. The Hall–Kier alpha value is -1.67. The molecule has 9 heteroatoms. The molecule has 1 heterocycles. The van der Waals surface area contributed by atoms with Gasteiger partial charge in [-0.3, -0.25) is 4.79 Å².